The second-order valence-electron chi connectivity index (χ2n) is 7.24. The number of rotatable bonds is 5. The van der Waals surface area contributed by atoms with Crippen molar-refractivity contribution in [2.75, 3.05) is 0 Å². The van der Waals surface area contributed by atoms with Crippen molar-refractivity contribution in [2.45, 2.75) is 26.8 Å². The molecule has 0 amide bonds. The van der Waals surface area contributed by atoms with E-state index in [1.807, 2.05) is 6.33 Å². The molecule has 0 aliphatic carbocycles. The first kappa shape index (κ1) is 16.6. The van der Waals surface area contributed by atoms with Gasteiger partial charge in [-0.3, -0.25) is 0 Å². The molecule has 1 aromatic heterocycles. The average Bonchev–Trinajstić information content (AvgIpc) is 3.09. The van der Waals surface area contributed by atoms with Crippen LogP contribution in [0, 0.1) is 5.92 Å². The summed E-state index contributed by atoms with van der Waals surface area (Å²) in [5.41, 5.74) is 7.24. The van der Waals surface area contributed by atoms with E-state index in [1.54, 1.807) is 0 Å². The Labute approximate surface area is 155 Å². The van der Waals surface area contributed by atoms with E-state index in [2.05, 4.69) is 96.2 Å². The van der Waals surface area contributed by atoms with E-state index in [1.165, 1.54) is 27.8 Å². The fraction of sp³-hybridized carbons (Fsp3) is 0.208. The van der Waals surface area contributed by atoms with Crippen molar-refractivity contribution in [1.82, 2.24) is 9.55 Å². The van der Waals surface area contributed by atoms with E-state index in [9.17, 15) is 0 Å². The van der Waals surface area contributed by atoms with Gasteiger partial charge in [-0.15, -0.1) is 0 Å². The maximum Gasteiger partial charge on any atom is 0.0958 e. The number of aryl methyl sites for hydroxylation is 1. The fourth-order valence-corrected chi connectivity index (χ4v) is 3.39. The van der Waals surface area contributed by atoms with E-state index in [4.69, 9.17) is 0 Å². The van der Waals surface area contributed by atoms with Crippen LogP contribution in [0.1, 0.15) is 20.3 Å². The van der Waals surface area contributed by atoms with Crippen molar-refractivity contribution in [3.63, 3.8) is 0 Å². The number of imidazole rings is 1. The van der Waals surface area contributed by atoms with Crippen molar-refractivity contribution < 1.29 is 0 Å². The lowest BCUT2D eigenvalue weighted by Crippen LogP contribution is -2.00. The maximum absolute atomic E-state index is 4.68. The van der Waals surface area contributed by atoms with Gasteiger partial charge in [0, 0.05) is 6.54 Å². The molecule has 0 unspecified atom stereocenters. The third kappa shape index (κ3) is 3.28. The average molecular weight is 340 g/mol. The van der Waals surface area contributed by atoms with E-state index >= 15 is 0 Å². The summed E-state index contributed by atoms with van der Waals surface area (Å²) in [6.45, 7) is 5.54. The van der Waals surface area contributed by atoms with Crippen LogP contribution in [0.3, 0.4) is 0 Å². The van der Waals surface area contributed by atoms with E-state index in [0.717, 1.165) is 18.5 Å². The second kappa shape index (κ2) is 7.17. The van der Waals surface area contributed by atoms with Crippen LogP contribution in [0.25, 0.3) is 33.3 Å². The van der Waals surface area contributed by atoms with Crippen molar-refractivity contribution >= 4 is 11.0 Å². The van der Waals surface area contributed by atoms with Gasteiger partial charge in [0.2, 0.25) is 0 Å². The monoisotopic (exact) mass is 340 g/mol. The number of hydrogen-bond donors (Lipinski definition) is 0. The van der Waals surface area contributed by atoms with Gasteiger partial charge >= 0.3 is 0 Å². The Hall–Kier alpha value is -2.87. The molecule has 0 saturated heterocycles. The lowest BCUT2D eigenvalue weighted by Gasteiger charge is -2.13. The molecule has 0 spiro atoms. The topological polar surface area (TPSA) is 17.8 Å². The van der Waals surface area contributed by atoms with Gasteiger partial charge in [0.25, 0.3) is 0 Å². The van der Waals surface area contributed by atoms with Gasteiger partial charge < -0.3 is 4.57 Å². The number of hydrogen-bond acceptors (Lipinski definition) is 1. The van der Waals surface area contributed by atoms with Gasteiger partial charge in [-0.2, -0.15) is 0 Å². The third-order valence-electron chi connectivity index (χ3n) is 4.88. The fourth-order valence-electron chi connectivity index (χ4n) is 3.39. The van der Waals surface area contributed by atoms with Crippen LogP contribution in [-0.2, 0) is 6.54 Å². The summed E-state index contributed by atoms with van der Waals surface area (Å²) in [5, 5.41) is 0. The molecule has 1 heterocycles. The number of nitrogens with zero attached hydrogens (tertiary/aromatic N) is 2. The largest absolute Gasteiger partial charge is 0.331 e. The minimum Gasteiger partial charge on any atom is -0.331 e. The van der Waals surface area contributed by atoms with Crippen molar-refractivity contribution in [1.29, 1.82) is 0 Å². The molecule has 2 heteroatoms. The molecule has 130 valence electrons. The molecule has 0 aliphatic heterocycles. The summed E-state index contributed by atoms with van der Waals surface area (Å²) in [7, 11) is 0. The van der Waals surface area contributed by atoms with Crippen LogP contribution in [0.2, 0.25) is 0 Å². The Bertz CT molecular complexity index is 999. The van der Waals surface area contributed by atoms with Gasteiger partial charge in [0.15, 0.2) is 0 Å². The number of benzene rings is 3. The maximum atomic E-state index is 4.68. The van der Waals surface area contributed by atoms with Crippen LogP contribution in [0.5, 0.6) is 0 Å². The first-order chi connectivity index (χ1) is 12.7. The molecule has 0 saturated carbocycles. The van der Waals surface area contributed by atoms with Gasteiger partial charge in [0.1, 0.15) is 0 Å². The SMILES string of the molecule is CC(C)CCn1cnc2cc(-c3ccccc3)c(-c3ccccc3)cc21. The highest BCUT2D eigenvalue weighted by atomic mass is 15.0. The Balaban J connectivity index is 1.90. The molecular weight excluding hydrogens is 316 g/mol. The summed E-state index contributed by atoms with van der Waals surface area (Å²) in [5.74, 6) is 0.685. The summed E-state index contributed by atoms with van der Waals surface area (Å²) in [4.78, 5) is 4.68. The zero-order chi connectivity index (χ0) is 17.9. The van der Waals surface area contributed by atoms with Crippen molar-refractivity contribution in [2.24, 2.45) is 5.92 Å². The first-order valence-electron chi connectivity index (χ1n) is 9.32. The first-order valence-corrected chi connectivity index (χ1v) is 9.32. The van der Waals surface area contributed by atoms with Crippen molar-refractivity contribution in [3.8, 4) is 22.3 Å². The van der Waals surface area contributed by atoms with Crippen LogP contribution in [0.15, 0.2) is 79.1 Å². The summed E-state index contributed by atoms with van der Waals surface area (Å²) in [6.07, 6.45) is 3.14. The molecule has 2 nitrogen and oxygen atoms in total. The Morgan fingerprint density at radius 3 is 1.96 bits per heavy atom. The molecule has 0 aliphatic rings. The normalized spacial score (nSPS) is 11.3. The van der Waals surface area contributed by atoms with E-state index < -0.39 is 0 Å². The summed E-state index contributed by atoms with van der Waals surface area (Å²) < 4.78 is 2.29. The van der Waals surface area contributed by atoms with Gasteiger partial charge in [-0.05, 0) is 46.7 Å². The van der Waals surface area contributed by atoms with Crippen LogP contribution >= 0.6 is 0 Å². The molecule has 0 fully saturated rings. The molecule has 4 aromatic rings. The molecule has 0 radical (unpaired) electrons. The van der Waals surface area contributed by atoms with Gasteiger partial charge in [0.05, 0.1) is 17.4 Å². The molecule has 0 bridgehead atoms. The lowest BCUT2D eigenvalue weighted by molar-refractivity contribution is 0.523. The molecule has 3 aromatic carbocycles. The molecule has 0 atom stereocenters. The Kier molecular flexibility index (Phi) is 4.57. The summed E-state index contributed by atoms with van der Waals surface area (Å²) in [6, 6.07) is 25.8. The highest BCUT2D eigenvalue weighted by molar-refractivity contribution is 5.93. The predicted molar refractivity (Wildman–Crippen MR) is 110 cm³/mol. The number of aromatic nitrogens is 2. The second-order valence-corrected chi connectivity index (χ2v) is 7.24. The van der Waals surface area contributed by atoms with Crippen LogP contribution < -0.4 is 0 Å². The minimum absolute atomic E-state index is 0.685. The van der Waals surface area contributed by atoms with E-state index in [0.29, 0.717) is 5.92 Å². The third-order valence-corrected chi connectivity index (χ3v) is 4.88. The van der Waals surface area contributed by atoms with Crippen molar-refractivity contribution in [3.05, 3.63) is 79.1 Å². The molecule has 4 rings (SSSR count). The number of fused-ring (bicyclic) bond motifs is 1. The lowest BCUT2D eigenvalue weighted by atomic mass is 9.94. The molecule has 26 heavy (non-hydrogen) atoms. The molecular formula is C24H24N2. The zero-order valence-electron chi connectivity index (χ0n) is 15.4. The quantitative estimate of drug-likeness (QED) is 0.410. The minimum atomic E-state index is 0.685. The smallest absolute Gasteiger partial charge is 0.0958 e. The van der Waals surface area contributed by atoms with Crippen LogP contribution in [-0.4, -0.2) is 9.55 Å². The highest BCUT2D eigenvalue weighted by Crippen LogP contribution is 2.35. The standard InChI is InChI=1S/C24H24N2/c1-18(2)13-14-26-17-25-23-15-21(19-9-5-3-6-10-19)22(16-24(23)26)20-11-7-4-8-12-20/h3-12,15-18H,13-14H2,1-2H3. The van der Waals surface area contributed by atoms with Crippen LogP contribution in [0.4, 0.5) is 0 Å². The van der Waals surface area contributed by atoms with Gasteiger partial charge in [-0.1, -0.05) is 74.5 Å². The van der Waals surface area contributed by atoms with E-state index in [-0.39, 0.29) is 0 Å². The summed E-state index contributed by atoms with van der Waals surface area (Å²) >= 11 is 0. The zero-order valence-corrected chi connectivity index (χ0v) is 15.4. The Morgan fingerprint density at radius 1 is 0.808 bits per heavy atom. The molecule has 0 N–H and O–H groups in total. The predicted octanol–water partition coefficient (Wildman–Crippen LogP) is 6.42. The van der Waals surface area contributed by atoms with Gasteiger partial charge in [-0.25, -0.2) is 4.98 Å². The Morgan fingerprint density at radius 2 is 1.38 bits per heavy atom. The highest BCUT2D eigenvalue weighted by Gasteiger charge is 2.12.